The molecular weight excluding hydrogens is 322 g/mol. The van der Waals surface area contributed by atoms with Crippen LogP contribution in [-0.2, 0) is 19.6 Å². The van der Waals surface area contributed by atoms with Crippen molar-refractivity contribution in [2.45, 2.75) is 51.7 Å². The molecule has 2 N–H and O–H groups in total. The molecule has 8 nitrogen and oxygen atoms in total. The highest BCUT2D eigenvalue weighted by Gasteiger charge is 2.32. The Morgan fingerprint density at radius 3 is 2.30 bits per heavy atom. The number of carbonyl (C=O) groups excluding carboxylic acids is 2. The molecule has 1 aliphatic carbocycles. The molecule has 0 aliphatic heterocycles. The molecule has 0 unspecified atom stereocenters. The number of amides is 2. The van der Waals surface area contributed by atoms with Crippen molar-refractivity contribution in [1.82, 2.24) is 14.9 Å². The molecule has 0 saturated heterocycles. The van der Waals surface area contributed by atoms with Crippen LogP contribution in [0, 0.1) is 0 Å². The van der Waals surface area contributed by atoms with Crippen LogP contribution < -0.4 is 10.0 Å². The summed E-state index contributed by atoms with van der Waals surface area (Å²) in [5, 5.41) is 2.54. The predicted octanol–water partition coefficient (Wildman–Crippen LogP) is 0.441. The van der Waals surface area contributed by atoms with E-state index < -0.39 is 21.7 Å². The Morgan fingerprint density at radius 2 is 1.83 bits per heavy atom. The Morgan fingerprint density at radius 1 is 1.22 bits per heavy atom. The third kappa shape index (κ3) is 9.39. The van der Waals surface area contributed by atoms with Gasteiger partial charge in [0.2, 0.25) is 15.9 Å². The van der Waals surface area contributed by atoms with Crippen LogP contribution in [-0.4, -0.2) is 62.9 Å². The van der Waals surface area contributed by atoms with Crippen molar-refractivity contribution in [2.75, 3.05) is 25.9 Å². The predicted molar refractivity (Wildman–Crippen MR) is 86.4 cm³/mol. The highest BCUT2D eigenvalue weighted by Crippen LogP contribution is 2.26. The fraction of sp³-hybridized carbons (Fsp3) is 0.857. The monoisotopic (exact) mass is 349 g/mol. The van der Waals surface area contributed by atoms with E-state index in [9.17, 15) is 18.0 Å². The average Bonchev–Trinajstić information content (AvgIpc) is 3.14. The number of alkyl carbamates (subject to hydrolysis) is 1. The van der Waals surface area contributed by atoms with Crippen LogP contribution >= 0.6 is 0 Å². The van der Waals surface area contributed by atoms with Crippen molar-refractivity contribution >= 4 is 22.0 Å². The van der Waals surface area contributed by atoms with Crippen LogP contribution in [0.1, 0.15) is 40.0 Å². The summed E-state index contributed by atoms with van der Waals surface area (Å²) in [7, 11) is -3.26. The van der Waals surface area contributed by atoms with E-state index in [-0.39, 0.29) is 31.5 Å². The SMILES string of the molecule is CC(C)(C)OC(=O)NCCC(=O)N(CCNS(C)(=O)=O)C1CC1. The van der Waals surface area contributed by atoms with Crippen LogP contribution in [0.2, 0.25) is 0 Å². The molecule has 1 aliphatic rings. The number of hydrogen-bond acceptors (Lipinski definition) is 5. The van der Waals surface area contributed by atoms with Gasteiger partial charge in [-0.05, 0) is 33.6 Å². The van der Waals surface area contributed by atoms with Gasteiger partial charge in [-0.3, -0.25) is 4.79 Å². The van der Waals surface area contributed by atoms with E-state index in [1.54, 1.807) is 25.7 Å². The first kappa shape index (κ1) is 19.7. The maximum Gasteiger partial charge on any atom is 0.407 e. The first-order valence-corrected chi connectivity index (χ1v) is 9.58. The first-order valence-electron chi connectivity index (χ1n) is 7.69. The number of nitrogens with zero attached hydrogens (tertiary/aromatic N) is 1. The minimum atomic E-state index is -3.26. The van der Waals surface area contributed by atoms with Crippen molar-refractivity contribution < 1.29 is 22.7 Å². The molecule has 0 aromatic rings. The fourth-order valence-corrected chi connectivity index (χ4v) is 2.44. The van der Waals surface area contributed by atoms with Crippen molar-refractivity contribution in [3.8, 4) is 0 Å². The molecule has 9 heteroatoms. The summed E-state index contributed by atoms with van der Waals surface area (Å²) in [6.07, 6.45) is 2.56. The van der Waals surface area contributed by atoms with Gasteiger partial charge >= 0.3 is 6.09 Å². The Labute approximate surface area is 138 Å². The lowest BCUT2D eigenvalue weighted by Crippen LogP contribution is -2.41. The van der Waals surface area contributed by atoms with E-state index in [4.69, 9.17) is 4.74 Å². The number of nitrogens with one attached hydrogen (secondary N) is 2. The number of rotatable bonds is 8. The van der Waals surface area contributed by atoms with E-state index in [0.29, 0.717) is 6.54 Å². The van der Waals surface area contributed by atoms with Crippen molar-refractivity contribution in [3.63, 3.8) is 0 Å². The third-order valence-corrected chi connectivity index (χ3v) is 3.76. The minimum absolute atomic E-state index is 0.0983. The lowest BCUT2D eigenvalue weighted by atomic mass is 10.2. The van der Waals surface area contributed by atoms with Gasteiger partial charge < -0.3 is 15.0 Å². The highest BCUT2D eigenvalue weighted by molar-refractivity contribution is 7.88. The summed E-state index contributed by atoms with van der Waals surface area (Å²) in [5.74, 6) is -0.0983. The van der Waals surface area contributed by atoms with Gasteiger partial charge in [-0.15, -0.1) is 0 Å². The van der Waals surface area contributed by atoms with E-state index in [1.807, 2.05) is 0 Å². The van der Waals surface area contributed by atoms with Crippen molar-refractivity contribution in [1.29, 1.82) is 0 Å². The van der Waals surface area contributed by atoms with E-state index in [1.165, 1.54) is 0 Å². The highest BCUT2D eigenvalue weighted by atomic mass is 32.2. The van der Waals surface area contributed by atoms with E-state index in [0.717, 1.165) is 19.1 Å². The van der Waals surface area contributed by atoms with E-state index >= 15 is 0 Å². The molecule has 1 rings (SSSR count). The summed E-state index contributed by atoms with van der Waals surface area (Å²) in [4.78, 5) is 25.4. The standard InChI is InChI=1S/C14H27N3O5S/c1-14(2,3)22-13(19)15-8-7-12(18)17(11-5-6-11)10-9-16-23(4,20)21/h11,16H,5-10H2,1-4H3,(H,15,19). The summed E-state index contributed by atoms with van der Waals surface area (Å²) in [6, 6.07) is 0.186. The third-order valence-electron chi connectivity index (χ3n) is 3.03. The molecular formula is C14H27N3O5S. The van der Waals surface area contributed by atoms with Crippen LogP contribution in [0.4, 0.5) is 4.79 Å². The summed E-state index contributed by atoms with van der Waals surface area (Å²) in [5.41, 5.74) is -0.578. The maximum atomic E-state index is 12.2. The molecule has 0 heterocycles. The second kappa shape index (κ2) is 7.96. The van der Waals surface area contributed by atoms with Gasteiger partial charge in [-0.1, -0.05) is 0 Å². The Kier molecular flexibility index (Phi) is 6.82. The summed E-state index contributed by atoms with van der Waals surface area (Å²) in [6.45, 7) is 6.02. The fourth-order valence-electron chi connectivity index (χ4n) is 1.98. The van der Waals surface area contributed by atoms with E-state index in [2.05, 4.69) is 10.0 Å². The quantitative estimate of drug-likeness (QED) is 0.662. The normalized spacial score (nSPS) is 15.1. The van der Waals surface area contributed by atoms with Crippen molar-refractivity contribution in [2.24, 2.45) is 0 Å². The average molecular weight is 349 g/mol. The van der Waals surface area contributed by atoms with Gasteiger partial charge in [0.25, 0.3) is 0 Å². The molecule has 0 spiro atoms. The number of sulfonamides is 1. The van der Waals surface area contributed by atoms with Gasteiger partial charge in [0.1, 0.15) is 5.60 Å². The minimum Gasteiger partial charge on any atom is -0.444 e. The van der Waals surface area contributed by atoms with Crippen molar-refractivity contribution in [3.05, 3.63) is 0 Å². The number of ether oxygens (including phenoxy) is 1. The molecule has 1 saturated carbocycles. The number of hydrogen-bond donors (Lipinski definition) is 2. The number of carbonyl (C=O) groups is 2. The topological polar surface area (TPSA) is 105 Å². The zero-order valence-corrected chi connectivity index (χ0v) is 15.0. The van der Waals surface area contributed by atoms with Crippen LogP contribution in [0.25, 0.3) is 0 Å². The summed E-state index contributed by atoms with van der Waals surface area (Å²) < 4.78 is 29.6. The Hall–Kier alpha value is -1.35. The van der Waals surface area contributed by atoms with Gasteiger partial charge in [0.05, 0.1) is 6.26 Å². The molecule has 0 aromatic carbocycles. The molecule has 2 amide bonds. The lowest BCUT2D eigenvalue weighted by molar-refractivity contribution is -0.131. The van der Waals surface area contributed by atoms with Gasteiger partial charge in [-0.2, -0.15) is 0 Å². The molecule has 1 fully saturated rings. The summed E-state index contributed by atoms with van der Waals surface area (Å²) >= 11 is 0. The second-order valence-corrected chi connectivity index (χ2v) is 8.50. The maximum absolute atomic E-state index is 12.2. The van der Waals surface area contributed by atoms with Gasteiger partial charge in [0, 0.05) is 32.1 Å². The zero-order valence-electron chi connectivity index (χ0n) is 14.2. The Balaban J connectivity index is 2.33. The first-order chi connectivity index (χ1) is 10.5. The zero-order chi connectivity index (χ0) is 17.7. The molecule has 134 valence electrons. The molecule has 23 heavy (non-hydrogen) atoms. The van der Waals surface area contributed by atoms with Crippen LogP contribution in [0.5, 0.6) is 0 Å². The van der Waals surface area contributed by atoms with Crippen LogP contribution in [0.15, 0.2) is 0 Å². The second-order valence-electron chi connectivity index (χ2n) is 6.66. The smallest absolute Gasteiger partial charge is 0.407 e. The lowest BCUT2D eigenvalue weighted by Gasteiger charge is -2.23. The molecule has 0 bridgehead atoms. The molecule has 0 atom stereocenters. The van der Waals surface area contributed by atoms with Crippen LogP contribution in [0.3, 0.4) is 0 Å². The molecule has 0 aromatic heterocycles. The Bertz CT molecular complexity index is 523. The molecule has 0 radical (unpaired) electrons. The van der Waals surface area contributed by atoms with Gasteiger partial charge in [-0.25, -0.2) is 17.9 Å². The largest absolute Gasteiger partial charge is 0.444 e. The van der Waals surface area contributed by atoms with Gasteiger partial charge in [0.15, 0.2) is 0 Å².